The van der Waals surface area contributed by atoms with Crippen LogP contribution in [0.3, 0.4) is 0 Å². The van der Waals surface area contributed by atoms with Crippen molar-refractivity contribution in [3.8, 4) is 6.07 Å². The minimum Gasteiger partial charge on any atom is -0.239 e. The Labute approximate surface area is 86.5 Å². The third kappa shape index (κ3) is 1.08. The van der Waals surface area contributed by atoms with Gasteiger partial charge in [-0.05, 0) is 25.0 Å². The molecule has 0 saturated carbocycles. The van der Waals surface area contributed by atoms with Gasteiger partial charge >= 0.3 is 0 Å². The molecule has 2 heterocycles. The van der Waals surface area contributed by atoms with Gasteiger partial charge in [0.15, 0.2) is 0 Å². The molecule has 0 aliphatic rings. The number of rotatable bonds is 0. The Morgan fingerprint density at radius 3 is 2.79 bits per heavy atom. The van der Waals surface area contributed by atoms with Gasteiger partial charge in [0, 0.05) is 6.20 Å². The van der Waals surface area contributed by atoms with Gasteiger partial charge in [-0.3, -0.25) is 0 Å². The van der Waals surface area contributed by atoms with Crippen molar-refractivity contribution in [2.45, 2.75) is 13.8 Å². The summed E-state index contributed by atoms with van der Waals surface area (Å²) in [6, 6.07) is 2.10. The second kappa shape index (κ2) is 3.00. The molecular formula is C10H8ClN3. The van der Waals surface area contributed by atoms with Crippen molar-refractivity contribution in [3.63, 3.8) is 0 Å². The second-order valence-electron chi connectivity index (χ2n) is 3.19. The Morgan fingerprint density at radius 1 is 1.43 bits per heavy atom. The van der Waals surface area contributed by atoms with Gasteiger partial charge in [-0.25, -0.2) is 4.52 Å². The molecule has 0 amide bonds. The van der Waals surface area contributed by atoms with Crippen LogP contribution in [0.4, 0.5) is 0 Å². The van der Waals surface area contributed by atoms with E-state index in [1.165, 1.54) is 0 Å². The third-order valence-electron chi connectivity index (χ3n) is 2.37. The zero-order valence-electron chi connectivity index (χ0n) is 7.87. The maximum absolute atomic E-state index is 8.84. The quantitative estimate of drug-likeness (QED) is 0.663. The van der Waals surface area contributed by atoms with Crippen LogP contribution < -0.4 is 0 Å². The zero-order chi connectivity index (χ0) is 10.3. The van der Waals surface area contributed by atoms with E-state index in [1.807, 2.05) is 13.8 Å². The molecule has 0 saturated heterocycles. The highest BCUT2D eigenvalue weighted by molar-refractivity contribution is 6.32. The summed E-state index contributed by atoms with van der Waals surface area (Å²) in [7, 11) is 0. The summed E-state index contributed by atoms with van der Waals surface area (Å²) in [5, 5.41) is 13.6. The smallest absolute Gasteiger partial charge is 0.101 e. The molecule has 0 fully saturated rings. The molecule has 0 aliphatic heterocycles. The van der Waals surface area contributed by atoms with E-state index >= 15 is 0 Å². The summed E-state index contributed by atoms with van der Waals surface area (Å²) in [6.45, 7) is 3.83. The summed E-state index contributed by atoms with van der Waals surface area (Å²) in [5.74, 6) is 0. The molecule has 0 aliphatic carbocycles. The van der Waals surface area contributed by atoms with Crippen molar-refractivity contribution >= 4 is 17.1 Å². The number of aryl methyl sites for hydroxylation is 2. The second-order valence-corrected chi connectivity index (χ2v) is 3.60. The first-order valence-electron chi connectivity index (χ1n) is 4.18. The predicted octanol–water partition coefficient (Wildman–Crippen LogP) is 2.48. The van der Waals surface area contributed by atoms with E-state index in [2.05, 4.69) is 11.2 Å². The van der Waals surface area contributed by atoms with Crippen molar-refractivity contribution < 1.29 is 0 Å². The lowest BCUT2D eigenvalue weighted by molar-refractivity contribution is 0.928. The topological polar surface area (TPSA) is 41.1 Å². The van der Waals surface area contributed by atoms with E-state index in [0.717, 1.165) is 16.6 Å². The minimum atomic E-state index is 0.593. The molecule has 0 N–H and O–H groups in total. The van der Waals surface area contributed by atoms with Crippen LogP contribution in [0.5, 0.6) is 0 Å². The Morgan fingerprint density at radius 2 is 2.14 bits per heavy atom. The molecule has 14 heavy (non-hydrogen) atoms. The molecule has 70 valence electrons. The highest BCUT2D eigenvalue weighted by Crippen LogP contribution is 2.25. The molecule has 2 rings (SSSR count). The first kappa shape index (κ1) is 9.04. The van der Waals surface area contributed by atoms with E-state index in [9.17, 15) is 0 Å². The highest BCUT2D eigenvalue weighted by Gasteiger charge is 2.10. The lowest BCUT2D eigenvalue weighted by atomic mass is 10.1. The van der Waals surface area contributed by atoms with Crippen LogP contribution in [0.25, 0.3) is 5.52 Å². The maximum atomic E-state index is 8.84. The van der Waals surface area contributed by atoms with E-state index in [1.54, 1.807) is 16.9 Å². The number of nitrogens with zero attached hydrogens (tertiary/aromatic N) is 3. The standard InChI is InChI=1S/C10H8ClN3/c1-6-8(3-12)4-13-14-5-9(11)7(2)10(6)14/h4-5H,1-2H3. The average molecular weight is 206 g/mol. The van der Waals surface area contributed by atoms with Crippen molar-refractivity contribution in [3.05, 3.63) is 34.1 Å². The molecule has 0 atom stereocenters. The lowest BCUT2D eigenvalue weighted by Crippen LogP contribution is -1.95. The normalized spacial score (nSPS) is 10.4. The van der Waals surface area contributed by atoms with Crippen LogP contribution in [-0.2, 0) is 0 Å². The number of halogens is 1. The summed E-state index contributed by atoms with van der Waals surface area (Å²) in [6.07, 6.45) is 3.30. The van der Waals surface area contributed by atoms with Crippen molar-refractivity contribution in [1.29, 1.82) is 5.26 Å². The van der Waals surface area contributed by atoms with Crippen LogP contribution >= 0.6 is 11.6 Å². The number of hydrogen-bond donors (Lipinski definition) is 0. The molecule has 2 aromatic heterocycles. The van der Waals surface area contributed by atoms with Crippen LogP contribution in [0.1, 0.15) is 16.7 Å². The molecular weight excluding hydrogens is 198 g/mol. The first-order valence-corrected chi connectivity index (χ1v) is 4.56. The van der Waals surface area contributed by atoms with E-state index in [0.29, 0.717) is 10.6 Å². The Hall–Kier alpha value is -1.53. The van der Waals surface area contributed by atoms with E-state index in [4.69, 9.17) is 16.9 Å². The number of fused-ring (bicyclic) bond motifs is 1. The summed E-state index contributed by atoms with van der Waals surface area (Å²) >= 11 is 5.98. The summed E-state index contributed by atoms with van der Waals surface area (Å²) in [5.41, 5.74) is 3.41. The Balaban J connectivity index is 2.95. The number of nitriles is 1. The van der Waals surface area contributed by atoms with Gasteiger partial charge in [0.05, 0.1) is 22.3 Å². The first-order chi connectivity index (χ1) is 6.65. The van der Waals surface area contributed by atoms with Crippen molar-refractivity contribution in [2.75, 3.05) is 0 Å². The third-order valence-corrected chi connectivity index (χ3v) is 2.75. The van der Waals surface area contributed by atoms with Crippen LogP contribution in [0.15, 0.2) is 12.4 Å². The predicted molar refractivity (Wildman–Crippen MR) is 54.4 cm³/mol. The lowest BCUT2D eigenvalue weighted by Gasteiger charge is -2.01. The van der Waals surface area contributed by atoms with Crippen molar-refractivity contribution in [1.82, 2.24) is 9.61 Å². The van der Waals surface area contributed by atoms with Crippen molar-refractivity contribution in [2.24, 2.45) is 0 Å². The fourth-order valence-corrected chi connectivity index (χ4v) is 1.74. The van der Waals surface area contributed by atoms with Gasteiger partial charge in [-0.15, -0.1) is 0 Å². The highest BCUT2D eigenvalue weighted by atomic mass is 35.5. The Kier molecular flexibility index (Phi) is 1.94. The molecule has 0 spiro atoms. The molecule has 0 bridgehead atoms. The largest absolute Gasteiger partial charge is 0.239 e. The van der Waals surface area contributed by atoms with Gasteiger partial charge in [0.2, 0.25) is 0 Å². The summed E-state index contributed by atoms with van der Waals surface area (Å²) in [4.78, 5) is 0. The van der Waals surface area contributed by atoms with Gasteiger partial charge in [0.1, 0.15) is 6.07 Å². The summed E-state index contributed by atoms with van der Waals surface area (Å²) < 4.78 is 1.70. The van der Waals surface area contributed by atoms with E-state index in [-0.39, 0.29) is 0 Å². The minimum absolute atomic E-state index is 0.593. The Bertz CT molecular complexity index is 548. The maximum Gasteiger partial charge on any atom is 0.101 e. The van der Waals surface area contributed by atoms with Gasteiger partial charge in [-0.1, -0.05) is 11.6 Å². The molecule has 0 aromatic carbocycles. The van der Waals surface area contributed by atoms with Crippen LogP contribution in [0, 0.1) is 25.2 Å². The van der Waals surface area contributed by atoms with E-state index < -0.39 is 0 Å². The van der Waals surface area contributed by atoms with Gasteiger partial charge in [-0.2, -0.15) is 10.4 Å². The SMILES string of the molecule is Cc1c(Cl)cn2ncc(C#N)c(C)c12. The molecule has 0 unspecified atom stereocenters. The molecule has 2 aromatic rings. The number of aromatic nitrogens is 2. The average Bonchev–Trinajstić information content (AvgIpc) is 2.44. The molecule has 4 heteroatoms. The molecule has 0 radical (unpaired) electrons. The fraction of sp³-hybridized carbons (Fsp3) is 0.200. The van der Waals surface area contributed by atoms with Crippen LogP contribution in [-0.4, -0.2) is 9.61 Å². The zero-order valence-corrected chi connectivity index (χ0v) is 8.63. The molecule has 3 nitrogen and oxygen atoms in total. The monoisotopic (exact) mass is 205 g/mol. The van der Waals surface area contributed by atoms with Gasteiger partial charge < -0.3 is 0 Å². The van der Waals surface area contributed by atoms with Crippen LogP contribution in [0.2, 0.25) is 5.02 Å². The number of hydrogen-bond acceptors (Lipinski definition) is 2. The fourth-order valence-electron chi connectivity index (χ4n) is 1.55. The van der Waals surface area contributed by atoms with Gasteiger partial charge in [0.25, 0.3) is 0 Å².